The van der Waals surface area contributed by atoms with Gasteiger partial charge in [0.1, 0.15) is 0 Å². The van der Waals surface area contributed by atoms with E-state index in [1.165, 1.54) is 7.11 Å². The lowest BCUT2D eigenvalue weighted by atomic mass is 9.92. The summed E-state index contributed by atoms with van der Waals surface area (Å²) >= 11 is 0. The van der Waals surface area contributed by atoms with E-state index in [1.807, 2.05) is 66.7 Å². The molecule has 0 aliphatic carbocycles. The largest absolute Gasteiger partial charge is 0.504 e. The predicted octanol–water partition coefficient (Wildman–Crippen LogP) is 5.99. The Morgan fingerprint density at radius 1 is 0.967 bits per heavy atom. The summed E-state index contributed by atoms with van der Waals surface area (Å²) in [5, 5.41) is 10.8. The van der Waals surface area contributed by atoms with Crippen molar-refractivity contribution >= 4 is 28.8 Å². The number of ether oxygens (including phenoxy) is 1. The summed E-state index contributed by atoms with van der Waals surface area (Å²) in [5.74, 6) is 0.421. The molecule has 0 saturated carbocycles. The number of aromatic nitrogens is 1. The molecule has 0 amide bonds. The zero-order chi connectivity index (χ0) is 21.1. The topological polar surface area (TPSA) is 59.4 Å². The highest BCUT2D eigenvalue weighted by molar-refractivity contribution is 6.11. The van der Waals surface area contributed by atoms with Crippen LogP contribution in [-0.4, -0.2) is 23.0 Å². The standard InChI is InChI=1S/C26H21NO3/c1-17(28)25-22(14-12-18-13-15-23(29)24(16-18)30-2)27-21-11-7-6-10-20(21)26(25)19-8-4-3-5-9-19/h3-16,29H,1-2H3/b14-12+. The van der Waals surface area contributed by atoms with Gasteiger partial charge in [0, 0.05) is 10.9 Å². The Labute approximate surface area is 175 Å². The number of nitrogens with zero attached hydrogens (tertiary/aromatic N) is 1. The van der Waals surface area contributed by atoms with Crippen LogP contribution < -0.4 is 4.74 Å². The lowest BCUT2D eigenvalue weighted by Gasteiger charge is -2.14. The van der Waals surface area contributed by atoms with E-state index in [9.17, 15) is 9.90 Å². The summed E-state index contributed by atoms with van der Waals surface area (Å²) < 4.78 is 5.18. The van der Waals surface area contributed by atoms with Gasteiger partial charge in [0.15, 0.2) is 17.3 Å². The smallest absolute Gasteiger partial charge is 0.162 e. The first-order chi connectivity index (χ1) is 14.6. The van der Waals surface area contributed by atoms with Crippen LogP contribution >= 0.6 is 0 Å². The van der Waals surface area contributed by atoms with Crippen molar-refractivity contribution in [3.63, 3.8) is 0 Å². The van der Waals surface area contributed by atoms with Crippen LogP contribution in [0.5, 0.6) is 11.5 Å². The van der Waals surface area contributed by atoms with Gasteiger partial charge >= 0.3 is 0 Å². The highest BCUT2D eigenvalue weighted by Crippen LogP contribution is 2.34. The number of aromatic hydroxyl groups is 1. The molecule has 0 fully saturated rings. The number of fused-ring (bicyclic) bond motifs is 1. The second-order valence-corrected chi connectivity index (χ2v) is 6.95. The Kier molecular flexibility index (Phi) is 5.31. The number of benzene rings is 3. The number of para-hydroxylation sites is 1. The lowest BCUT2D eigenvalue weighted by Crippen LogP contribution is -2.04. The Morgan fingerprint density at radius 3 is 2.43 bits per heavy atom. The molecule has 0 radical (unpaired) electrons. The minimum atomic E-state index is -0.0463. The first-order valence-electron chi connectivity index (χ1n) is 9.62. The molecule has 1 N–H and O–H groups in total. The molecule has 1 aromatic heterocycles. The molecular formula is C26H21NO3. The minimum absolute atomic E-state index is 0.0463. The van der Waals surface area contributed by atoms with Crippen molar-refractivity contribution in [1.82, 2.24) is 4.98 Å². The summed E-state index contributed by atoms with van der Waals surface area (Å²) in [5.41, 5.74) is 4.70. The molecular weight excluding hydrogens is 374 g/mol. The third kappa shape index (κ3) is 3.67. The number of phenols is 1. The third-order valence-electron chi connectivity index (χ3n) is 4.97. The fourth-order valence-corrected chi connectivity index (χ4v) is 3.59. The average Bonchev–Trinajstić information content (AvgIpc) is 2.77. The highest BCUT2D eigenvalue weighted by Gasteiger charge is 2.18. The van der Waals surface area contributed by atoms with Crippen molar-refractivity contribution in [2.75, 3.05) is 7.11 Å². The Balaban J connectivity index is 1.94. The van der Waals surface area contributed by atoms with Crippen LogP contribution in [0, 0.1) is 0 Å². The number of carbonyl (C=O) groups excluding carboxylic acids is 1. The maximum Gasteiger partial charge on any atom is 0.162 e. The molecule has 0 aliphatic heterocycles. The van der Waals surface area contributed by atoms with Crippen molar-refractivity contribution < 1.29 is 14.6 Å². The van der Waals surface area contributed by atoms with Gasteiger partial charge in [-0.25, -0.2) is 4.98 Å². The van der Waals surface area contributed by atoms with E-state index in [4.69, 9.17) is 9.72 Å². The van der Waals surface area contributed by atoms with E-state index < -0.39 is 0 Å². The van der Waals surface area contributed by atoms with Gasteiger partial charge < -0.3 is 9.84 Å². The number of methoxy groups -OCH3 is 1. The quantitative estimate of drug-likeness (QED) is 0.422. The van der Waals surface area contributed by atoms with Gasteiger partial charge in [-0.05, 0) is 42.3 Å². The first-order valence-corrected chi connectivity index (χ1v) is 9.62. The first kappa shape index (κ1) is 19.4. The van der Waals surface area contributed by atoms with Gasteiger partial charge in [-0.2, -0.15) is 0 Å². The maximum atomic E-state index is 12.7. The van der Waals surface area contributed by atoms with Crippen molar-refractivity contribution in [2.45, 2.75) is 6.92 Å². The molecule has 3 aromatic carbocycles. The minimum Gasteiger partial charge on any atom is -0.504 e. The molecule has 0 atom stereocenters. The zero-order valence-electron chi connectivity index (χ0n) is 16.8. The van der Waals surface area contributed by atoms with Gasteiger partial charge in [0.25, 0.3) is 0 Å². The number of hydrogen-bond acceptors (Lipinski definition) is 4. The summed E-state index contributed by atoms with van der Waals surface area (Å²) in [6.07, 6.45) is 3.70. The summed E-state index contributed by atoms with van der Waals surface area (Å²) in [6, 6.07) is 22.8. The van der Waals surface area contributed by atoms with Crippen molar-refractivity contribution in [3.05, 3.63) is 89.6 Å². The van der Waals surface area contributed by atoms with E-state index in [0.717, 1.165) is 27.6 Å². The van der Waals surface area contributed by atoms with Crippen LogP contribution in [0.25, 0.3) is 34.2 Å². The van der Waals surface area contributed by atoms with Crippen molar-refractivity contribution in [3.8, 4) is 22.6 Å². The second-order valence-electron chi connectivity index (χ2n) is 6.95. The van der Waals surface area contributed by atoms with Gasteiger partial charge in [-0.1, -0.05) is 60.7 Å². The van der Waals surface area contributed by atoms with Crippen molar-refractivity contribution in [1.29, 1.82) is 0 Å². The second kappa shape index (κ2) is 8.21. The molecule has 4 heteroatoms. The monoisotopic (exact) mass is 395 g/mol. The summed E-state index contributed by atoms with van der Waals surface area (Å²) in [6.45, 7) is 1.57. The SMILES string of the molecule is COc1cc(/C=C/c2nc3ccccc3c(-c3ccccc3)c2C(C)=O)ccc1O. The number of hydrogen-bond donors (Lipinski definition) is 1. The fourth-order valence-electron chi connectivity index (χ4n) is 3.59. The fraction of sp³-hybridized carbons (Fsp3) is 0.0769. The number of Topliss-reactive ketones (excluding diaryl/α,β-unsaturated/α-hetero) is 1. The molecule has 0 saturated heterocycles. The molecule has 0 bridgehead atoms. The third-order valence-corrected chi connectivity index (χ3v) is 4.97. The van der Waals surface area contributed by atoms with E-state index in [1.54, 1.807) is 25.1 Å². The van der Waals surface area contributed by atoms with Crippen LogP contribution in [0.2, 0.25) is 0 Å². The number of pyridine rings is 1. The van der Waals surface area contributed by atoms with Crippen molar-refractivity contribution in [2.24, 2.45) is 0 Å². The number of ketones is 1. The molecule has 0 unspecified atom stereocenters. The summed E-state index contributed by atoms with van der Waals surface area (Å²) in [4.78, 5) is 17.5. The van der Waals surface area contributed by atoms with Crippen LogP contribution in [0.15, 0.2) is 72.8 Å². The normalized spacial score (nSPS) is 11.1. The van der Waals surface area contributed by atoms with E-state index in [2.05, 4.69) is 0 Å². The number of rotatable bonds is 5. The Hall–Kier alpha value is -3.92. The van der Waals surface area contributed by atoms with Crippen LogP contribution in [0.4, 0.5) is 0 Å². The lowest BCUT2D eigenvalue weighted by molar-refractivity contribution is 0.101. The molecule has 4 aromatic rings. The Bertz CT molecular complexity index is 1260. The molecule has 0 aliphatic rings. The summed E-state index contributed by atoms with van der Waals surface area (Å²) in [7, 11) is 1.51. The van der Waals surface area contributed by atoms with Crippen LogP contribution in [0.1, 0.15) is 28.5 Å². The Morgan fingerprint density at radius 2 is 1.70 bits per heavy atom. The maximum absolute atomic E-state index is 12.7. The molecule has 1 heterocycles. The number of phenolic OH excluding ortho intramolecular Hbond substituents is 1. The van der Waals surface area contributed by atoms with Gasteiger partial charge in [0.05, 0.1) is 23.9 Å². The molecule has 0 spiro atoms. The molecule has 148 valence electrons. The van der Waals surface area contributed by atoms with E-state index in [-0.39, 0.29) is 11.5 Å². The van der Waals surface area contributed by atoms with Gasteiger partial charge in [-0.15, -0.1) is 0 Å². The predicted molar refractivity (Wildman–Crippen MR) is 121 cm³/mol. The van der Waals surface area contributed by atoms with Crippen LogP contribution in [0.3, 0.4) is 0 Å². The molecule has 4 nitrogen and oxygen atoms in total. The molecule has 30 heavy (non-hydrogen) atoms. The zero-order valence-corrected chi connectivity index (χ0v) is 16.8. The van der Waals surface area contributed by atoms with E-state index >= 15 is 0 Å². The van der Waals surface area contributed by atoms with Gasteiger partial charge in [0.2, 0.25) is 0 Å². The highest BCUT2D eigenvalue weighted by atomic mass is 16.5. The van der Waals surface area contributed by atoms with Gasteiger partial charge in [-0.3, -0.25) is 4.79 Å². The average molecular weight is 395 g/mol. The molecule has 4 rings (SSSR count). The van der Waals surface area contributed by atoms with Crippen LogP contribution in [-0.2, 0) is 0 Å². The number of carbonyl (C=O) groups is 1. The van der Waals surface area contributed by atoms with E-state index in [0.29, 0.717) is 17.0 Å².